The topological polar surface area (TPSA) is 78.4 Å². The van der Waals surface area contributed by atoms with Crippen LogP contribution in [0, 0.1) is 12.8 Å². The molecule has 1 heterocycles. The van der Waals surface area contributed by atoms with E-state index >= 15 is 0 Å². The highest BCUT2D eigenvalue weighted by Crippen LogP contribution is 2.41. The van der Waals surface area contributed by atoms with Gasteiger partial charge in [0.2, 0.25) is 5.91 Å². The highest BCUT2D eigenvalue weighted by molar-refractivity contribution is 5.90. The Balaban J connectivity index is 1.63. The summed E-state index contributed by atoms with van der Waals surface area (Å²) in [7, 11) is 3.48. The first-order chi connectivity index (χ1) is 16.9. The molecule has 0 bridgehead atoms. The van der Waals surface area contributed by atoms with Gasteiger partial charge in [0.1, 0.15) is 11.6 Å². The van der Waals surface area contributed by atoms with Gasteiger partial charge >= 0.3 is 6.18 Å². The van der Waals surface area contributed by atoms with Gasteiger partial charge in [0.15, 0.2) is 0 Å². The number of hydrogen-bond donors (Lipinski definition) is 2. The third-order valence-electron chi connectivity index (χ3n) is 7.01. The Labute approximate surface area is 208 Å². The van der Waals surface area contributed by atoms with E-state index in [0.717, 1.165) is 12.1 Å². The molecular weight excluding hydrogens is 469 g/mol. The summed E-state index contributed by atoms with van der Waals surface area (Å²) in [6.07, 6.45) is -2.33. The van der Waals surface area contributed by atoms with Gasteiger partial charge in [-0.1, -0.05) is 18.2 Å². The van der Waals surface area contributed by atoms with Crippen molar-refractivity contribution in [3.63, 3.8) is 0 Å². The van der Waals surface area contributed by atoms with Crippen molar-refractivity contribution in [3.8, 4) is 0 Å². The minimum absolute atomic E-state index is 0.0782. The maximum atomic E-state index is 13.2. The predicted octanol–water partition coefficient (Wildman–Crippen LogP) is 5.60. The number of halogens is 3. The Kier molecular flexibility index (Phi) is 6.96. The number of hydrogen-bond acceptors (Lipinski definition) is 5. The third-order valence-corrected chi connectivity index (χ3v) is 7.01. The molecule has 1 atom stereocenters. The first-order valence-corrected chi connectivity index (χ1v) is 12.0. The van der Waals surface area contributed by atoms with Crippen molar-refractivity contribution in [2.75, 3.05) is 19.4 Å². The Hall–Kier alpha value is -3.20. The van der Waals surface area contributed by atoms with Crippen LogP contribution in [-0.2, 0) is 16.6 Å². The zero-order valence-corrected chi connectivity index (χ0v) is 20.9. The fourth-order valence-corrected chi connectivity index (χ4v) is 4.91. The maximum absolute atomic E-state index is 13.2. The van der Waals surface area contributed by atoms with Gasteiger partial charge in [-0.15, -0.1) is 0 Å². The van der Waals surface area contributed by atoms with E-state index in [0.29, 0.717) is 59.4 Å². The molecule has 0 saturated heterocycles. The van der Waals surface area contributed by atoms with Crippen LogP contribution in [0.3, 0.4) is 0 Å². The Morgan fingerprint density at radius 1 is 1.14 bits per heavy atom. The highest BCUT2D eigenvalue weighted by atomic mass is 19.4. The lowest BCUT2D eigenvalue weighted by Crippen LogP contribution is -2.37. The number of carbonyl (C=O) groups is 1. The van der Waals surface area contributed by atoms with Crippen molar-refractivity contribution in [1.82, 2.24) is 14.9 Å². The van der Waals surface area contributed by atoms with Crippen LogP contribution in [0.5, 0.6) is 0 Å². The summed E-state index contributed by atoms with van der Waals surface area (Å²) < 4.78 is 39.6. The normalized spacial score (nSPS) is 21.3. The summed E-state index contributed by atoms with van der Waals surface area (Å²) in [5, 5.41) is 15.4. The second-order valence-electron chi connectivity index (χ2n) is 9.88. The average Bonchev–Trinajstić information content (AvgIpc) is 2.83. The van der Waals surface area contributed by atoms with Gasteiger partial charge in [0.05, 0.1) is 16.7 Å². The van der Waals surface area contributed by atoms with Gasteiger partial charge in [-0.3, -0.25) is 4.79 Å². The standard InChI is InChI=1S/C27H31F3N4O2/c1-16(19-6-5-7-21(14-19)27(28,29)30)31-24-22-15-20(8-9-23(22)32-17(2)33-24)26(36)12-10-18(11-13-26)25(35)34(3)4/h5-9,14-16,18,36H,10-13H2,1-4H3,(H,31,32,33)/t16-,18-,26+/m1/s1. The number of alkyl halides is 3. The summed E-state index contributed by atoms with van der Waals surface area (Å²) in [6, 6.07) is 10.3. The van der Waals surface area contributed by atoms with Gasteiger partial charge in [0, 0.05) is 31.4 Å². The lowest BCUT2D eigenvalue weighted by atomic mass is 9.74. The molecule has 0 radical (unpaired) electrons. The summed E-state index contributed by atoms with van der Waals surface area (Å²) in [6.45, 7) is 3.53. The molecule has 1 amide bonds. The summed E-state index contributed by atoms with van der Waals surface area (Å²) in [5.41, 5.74) is 0.0858. The molecule has 1 aliphatic rings. The van der Waals surface area contributed by atoms with Crippen LogP contribution in [0.15, 0.2) is 42.5 Å². The van der Waals surface area contributed by atoms with E-state index < -0.39 is 23.4 Å². The number of nitrogens with zero attached hydrogens (tertiary/aromatic N) is 3. The predicted molar refractivity (Wildman–Crippen MR) is 132 cm³/mol. The van der Waals surface area contributed by atoms with Gasteiger partial charge in [-0.2, -0.15) is 13.2 Å². The van der Waals surface area contributed by atoms with Gasteiger partial charge in [0.25, 0.3) is 0 Å². The number of carbonyl (C=O) groups excluding carboxylic acids is 1. The lowest BCUT2D eigenvalue weighted by molar-refractivity contribution is -0.138. The maximum Gasteiger partial charge on any atom is 0.416 e. The van der Waals surface area contributed by atoms with E-state index in [-0.39, 0.29) is 11.8 Å². The highest BCUT2D eigenvalue weighted by Gasteiger charge is 2.38. The number of amides is 1. The van der Waals surface area contributed by atoms with Crippen molar-refractivity contribution in [3.05, 3.63) is 65.0 Å². The first-order valence-electron chi connectivity index (χ1n) is 12.0. The van der Waals surface area contributed by atoms with Crippen LogP contribution < -0.4 is 5.32 Å². The molecule has 6 nitrogen and oxygen atoms in total. The largest absolute Gasteiger partial charge is 0.416 e. The zero-order chi connectivity index (χ0) is 26.3. The van der Waals surface area contributed by atoms with E-state index in [9.17, 15) is 23.1 Å². The Morgan fingerprint density at radius 3 is 2.47 bits per heavy atom. The quantitative estimate of drug-likeness (QED) is 0.477. The molecule has 9 heteroatoms. The Morgan fingerprint density at radius 2 is 1.83 bits per heavy atom. The van der Waals surface area contributed by atoms with Gasteiger partial charge in [-0.05, 0) is 74.9 Å². The van der Waals surface area contributed by atoms with E-state index in [1.165, 1.54) is 6.07 Å². The van der Waals surface area contributed by atoms with E-state index in [1.807, 2.05) is 18.2 Å². The number of fused-ring (bicyclic) bond motifs is 1. The van der Waals surface area contributed by atoms with Crippen LogP contribution in [0.2, 0.25) is 0 Å². The lowest BCUT2D eigenvalue weighted by Gasteiger charge is -2.36. The second kappa shape index (κ2) is 9.69. The molecule has 1 saturated carbocycles. The minimum atomic E-state index is -4.42. The minimum Gasteiger partial charge on any atom is -0.385 e. The SMILES string of the molecule is Cc1nc(N[C@H](C)c2cccc(C(F)(F)F)c2)c2cc([C@]3(O)CC[C@@H](C(=O)N(C)C)CC3)ccc2n1. The van der Waals surface area contributed by atoms with E-state index in [4.69, 9.17) is 0 Å². The molecule has 2 aromatic carbocycles. The van der Waals surface area contributed by atoms with Crippen molar-refractivity contribution >= 4 is 22.6 Å². The molecule has 3 aromatic rings. The fourth-order valence-electron chi connectivity index (χ4n) is 4.91. The monoisotopic (exact) mass is 500 g/mol. The molecule has 1 aromatic heterocycles. The zero-order valence-electron chi connectivity index (χ0n) is 20.9. The molecule has 1 aliphatic carbocycles. The number of rotatable bonds is 5. The summed E-state index contributed by atoms with van der Waals surface area (Å²) in [4.78, 5) is 23.0. The molecule has 192 valence electrons. The number of nitrogens with one attached hydrogen (secondary N) is 1. The number of aromatic nitrogens is 2. The van der Waals surface area contributed by atoms with Crippen LogP contribution in [-0.4, -0.2) is 40.0 Å². The number of aryl methyl sites for hydroxylation is 1. The van der Waals surface area contributed by atoms with Crippen LogP contribution in [0.1, 0.15) is 61.2 Å². The molecule has 0 aliphatic heterocycles. The van der Waals surface area contributed by atoms with Crippen molar-refractivity contribution in [1.29, 1.82) is 0 Å². The van der Waals surface area contributed by atoms with Gasteiger partial charge < -0.3 is 15.3 Å². The van der Waals surface area contributed by atoms with Crippen LogP contribution in [0.4, 0.5) is 19.0 Å². The van der Waals surface area contributed by atoms with E-state index in [2.05, 4.69) is 15.3 Å². The fraction of sp³-hybridized carbons (Fsp3) is 0.444. The molecule has 4 rings (SSSR count). The van der Waals surface area contributed by atoms with E-state index in [1.54, 1.807) is 38.9 Å². The van der Waals surface area contributed by atoms with Crippen LogP contribution in [0.25, 0.3) is 10.9 Å². The van der Waals surface area contributed by atoms with Crippen molar-refractivity contribution in [2.24, 2.45) is 5.92 Å². The number of benzene rings is 2. The molecular formula is C27H31F3N4O2. The van der Waals surface area contributed by atoms with Gasteiger partial charge in [-0.25, -0.2) is 9.97 Å². The number of anilines is 1. The molecule has 1 fully saturated rings. The molecule has 36 heavy (non-hydrogen) atoms. The molecule has 2 N–H and O–H groups in total. The summed E-state index contributed by atoms with van der Waals surface area (Å²) in [5.74, 6) is 0.992. The second-order valence-corrected chi connectivity index (χ2v) is 9.88. The van der Waals surface area contributed by atoms with Crippen LogP contribution >= 0.6 is 0 Å². The third kappa shape index (κ3) is 5.31. The first kappa shape index (κ1) is 25.9. The van der Waals surface area contributed by atoms with Crippen molar-refractivity contribution < 1.29 is 23.1 Å². The Bertz CT molecular complexity index is 1270. The summed E-state index contributed by atoms with van der Waals surface area (Å²) >= 11 is 0. The molecule has 0 unspecified atom stereocenters. The molecule has 0 spiro atoms. The smallest absolute Gasteiger partial charge is 0.385 e. The number of aliphatic hydroxyl groups is 1. The van der Waals surface area contributed by atoms with Crippen molar-refractivity contribution in [2.45, 2.75) is 57.3 Å². The average molecular weight is 501 g/mol.